The Hall–Kier alpha value is -4.33. The monoisotopic (exact) mass is 540 g/mol. The first-order chi connectivity index (χ1) is 18.5. The molecule has 4 N–H and O–H groups in total. The number of rotatable bonds is 12. The van der Waals surface area contributed by atoms with Gasteiger partial charge in [0.05, 0.1) is 25.0 Å². The van der Waals surface area contributed by atoms with E-state index in [1.54, 1.807) is 30.3 Å². The van der Waals surface area contributed by atoms with E-state index in [1.807, 2.05) is 13.8 Å². The zero-order valence-corrected chi connectivity index (χ0v) is 21.4. The van der Waals surface area contributed by atoms with Gasteiger partial charge in [0.2, 0.25) is 5.91 Å². The maximum atomic E-state index is 13.5. The van der Waals surface area contributed by atoms with Crippen molar-refractivity contribution in [2.75, 3.05) is 0 Å². The van der Waals surface area contributed by atoms with Gasteiger partial charge >= 0.3 is 19.1 Å². The van der Waals surface area contributed by atoms with Gasteiger partial charge in [0.15, 0.2) is 5.60 Å². The molecule has 1 aromatic carbocycles. The Bertz CT molecular complexity index is 1190. The van der Waals surface area contributed by atoms with E-state index in [1.165, 1.54) is 18.6 Å². The summed E-state index contributed by atoms with van der Waals surface area (Å²) in [5, 5.41) is 24.3. The van der Waals surface area contributed by atoms with Gasteiger partial charge in [-0.05, 0) is 17.9 Å². The van der Waals surface area contributed by atoms with Gasteiger partial charge in [0.1, 0.15) is 11.7 Å². The molecule has 1 unspecified atom stereocenters. The lowest BCUT2D eigenvalue weighted by atomic mass is 9.70. The standard InChI is InChI=1S/C25H29BN4O9/c1-15(2)10-19(26-38-21(33)13-25(39-26,24(36)37)12-20(31)32)30-22(34)17(11-16-6-4-3-5-7-16)29-23(35)18-14-27-8-9-28-18/h3-9,14-15,17,19H,10-13H2,1-2H3,(H,29,35)(H,30,34)(H,31,32)(H,36,37)/t17-,19-,25?/m0/s1. The summed E-state index contributed by atoms with van der Waals surface area (Å²) in [7, 11) is -1.58. The van der Waals surface area contributed by atoms with E-state index in [0.717, 1.165) is 5.56 Å². The van der Waals surface area contributed by atoms with Crippen molar-refractivity contribution < 1.29 is 43.5 Å². The smallest absolute Gasteiger partial charge is 0.508 e. The van der Waals surface area contributed by atoms with Gasteiger partial charge in [-0.1, -0.05) is 44.2 Å². The first-order valence-electron chi connectivity index (χ1n) is 12.2. The summed E-state index contributed by atoms with van der Waals surface area (Å²) in [6, 6.07) is 7.80. The summed E-state index contributed by atoms with van der Waals surface area (Å²) in [6.07, 6.45) is 2.46. The van der Waals surface area contributed by atoms with Crippen LogP contribution < -0.4 is 10.6 Å². The second kappa shape index (κ2) is 13.0. The predicted molar refractivity (Wildman–Crippen MR) is 135 cm³/mol. The fourth-order valence-corrected chi connectivity index (χ4v) is 4.14. The van der Waals surface area contributed by atoms with Gasteiger partial charge in [0.25, 0.3) is 11.9 Å². The van der Waals surface area contributed by atoms with E-state index in [9.17, 15) is 34.2 Å². The fraction of sp³-hybridized carbons (Fsp3) is 0.400. The van der Waals surface area contributed by atoms with Crippen LogP contribution in [0, 0.1) is 5.92 Å². The van der Waals surface area contributed by atoms with E-state index in [-0.39, 0.29) is 24.5 Å². The molecule has 1 aromatic heterocycles. The number of aliphatic carboxylic acids is 2. The van der Waals surface area contributed by atoms with Gasteiger partial charge in [0, 0.05) is 18.8 Å². The van der Waals surface area contributed by atoms with Gasteiger partial charge in [-0.3, -0.25) is 24.2 Å². The zero-order chi connectivity index (χ0) is 28.6. The quantitative estimate of drug-likeness (QED) is 0.276. The van der Waals surface area contributed by atoms with Gasteiger partial charge in [-0.2, -0.15) is 0 Å². The van der Waals surface area contributed by atoms with Crippen LogP contribution >= 0.6 is 0 Å². The van der Waals surface area contributed by atoms with Crippen molar-refractivity contribution in [3.8, 4) is 0 Å². The lowest BCUT2D eigenvalue weighted by Crippen LogP contribution is -2.62. The van der Waals surface area contributed by atoms with Crippen LogP contribution in [0.15, 0.2) is 48.9 Å². The summed E-state index contributed by atoms with van der Waals surface area (Å²) >= 11 is 0. The number of nitrogens with zero attached hydrogens (tertiary/aromatic N) is 2. The molecule has 0 saturated carbocycles. The molecule has 0 aliphatic carbocycles. The summed E-state index contributed by atoms with van der Waals surface area (Å²) in [4.78, 5) is 69.9. The number of aromatic nitrogens is 2. The molecule has 13 nitrogen and oxygen atoms in total. The minimum Gasteiger partial charge on any atom is -0.508 e. The van der Waals surface area contributed by atoms with Crippen LogP contribution in [0.3, 0.4) is 0 Å². The van der Waals surface area contributed by atoms with E-state index in [2.05, 4.69) is 20.6 Å². The molecule has 2 amide bonds. The van der Waals surface area contributed by atoms with Crippen molar-refractivity contribution >= 4 is 36.8 Å². The third-order valence-electron chi connectivity index (χ3n) is 5.93. The molecule has 1 fully saturated rings. The van der Waals surface area contributed by atoms with Crippen LogP contribution in [0.25, 0.3) is 0 Å². The predicted octanol–water partition coefficient (Wildman–Crippen LogP) is 0.638. The average Bonchev–Trinajstić information content (AvgIpc) is 2.87. The average molecular weight is 540 g/mol. The normalized spacial score (nSPS) is 18.5. The highest BCUT2D eigenvalue weighted by atomic mass is 16.6. The Morgan fingerprint density at radius 3 is 2.41 bits per heavy atom. The molecule has 0 radical (unpaired) electrons. The van der Waals surface area contributed by atoms with Crippen molar-refractivity contribution in [3.05, 3.63) is 60.2 Å². The summed E-state index contributed by atoms with van der Waals surface area (Å²) in [5.74, 6) is -6.54. The third-order valence-corrected chi connectivity index (χ3v) is 5.93. The summed E-state index contributed by atoms with van der Waals surface area (Å²) in [6.45, 7) is 3.64. The summed E-state index contributed by atoms with van der Waals surface area (Å²) < 4.78 is 10.8. The number of amides is 2. The Balaban J connectivity index is 1.87. The Kier molecular flexibility index (Phi) is 9.71. The second-order valence-electron chi connectivity index (χ2n) is 9.57. The van der Waals surface area contributed by atoms with Crippen molar-refractivity contribution in [1.82, 2.24) is 20.6 Å². The molecule has 39 heavy (non-hydrogen) atoms. The van der Waals surface area contributed by atoms with Crippen molar-refractivity contribution in [2.45, 2.75) is 57.1 Å². The Labute approximate surface area is 224 Å². The highest BCUT2D eigenvalue weighted by Crippen LogP contribution is 2.30. The number of carbonyl (C=O) groups is 5. The van der Waals surface area contributed by atoms with Crippen molar-refractivity contribution in [2.24, 2.45) is 5.92 Å². The van der Waals surface area contributed by atoms with Crippen LogP contribution in [0.5, 0.6) is 0 Å². The van der Waals surface area contributed by atoms with Gasteiger partial charge < -0.3 is 30.2 Å². The highest BCUT2D eigenvalue weighted by Gasteiger charge is 2.55. The molecular weight excluding hydrogens is 511 g/mol. The second-order valence-corrected chi connectivity index (χ2v) is 9.57. The molecule has 14 heteroatoms. The number of hydrogen-bond donors (Lipinski definition) is 4. The molecule has 1 aliphatic rings. The van der Waals surface area contributed by atoms with Crippen molar-refractivity contribution in [1.29, 1.82) is 0 Å². The molecule has 3 rings (SSSR count). The lowest BCUT2D eigenvalue weighted by molar-refractivity contribution is -0.175. The zero-order valence-electron chi connectivity index (χ0n) is 21.4. The van der Waals surface area contributed by atoms with Crippen LogP contribution in [0.2, 0.25) is 0 Å². The van der Waals surface area contributed by atoms with Crippen LogP contribution in [0.1, 0.15) is 49.2 Å². The molecule has 0 spiro atoms. The number of carboxylic acid groups (broad SMARTS) is 2. The minimum absolute atomic E-state index is 0.00783. The molecule has 1 aliphatic heterocycles. The summed E-state index contributed by atoms with van der Waals surface area (Å²) in [5.41, 5.74) is -1.63. The molecule has 0 bridgehead atoms. The highest BCUT2D eigenvalue weighted by molar-refractivity contribution is 6.50. The SMILES string of the molecule is CC(C)C[C@H](NC(=O)[C@H](Cc1ccccc1)NC(=O)c1cnccn1)B1OC(=O)CC(CC(=O)O)(C(=O)O)O1. The first kappa shape index (κ1) is 29.2. The molecule has 206 valence electrons. The maximum Gasteiger partial charge on any atom is 0.552 e. The Morgan fingerprint density at radius 1 is 1.10 bits per heavy atom. The van der Waals surface area contributed by atoms with Gasteiger partial charge in [-0.25, -0.2) is 9.78 Å². The third kappa shape index (κ3) is 8.08. The molecule has 1 saturated heterocycles. The fourth-order valence-electron chi connectivity index (χ4n) is 4.14. The van der Waals surface area contributed by atoms with E-state index >= 15 is 0 Å². The molecule has 2 aromatic rings. The van der Waals surface area contributed by atoms with Gasteiger partial charge in [-0.15, -0.1) is 0 Å². The van der Waals surface area contributed by atoms with Crippen LogP contribution in [-0.4, -0.2) is 74.6 Å². The first-order valence-corrected chi connectivity index (χ1v) is 12.2. The lowest BCUT2D eigenvalue weighted by Gasteiger charge is -2.38. The topological polar surface area (TPSA) is 194 Å². The van der Waals surface area contributed by atoms with E-state index < -0.39 is 67.3 Å². The van der Waals surface area contributed by atoms with Crippen LogP contribution in [-0.2, 0) is 34.9 Å². The molecule has 2 heterocycles. The largest absolute Gasteiger partial charge is 0.552 e. The number of benzene rings is 1. The number of hydrogen-bond acceptors (Lipinski definition) is 9. The van der Waals surface area contributed by atoms with Crippen molar-refractivity contribution in [3.63, 3.8) is 0 Å². The number of carbonyl (C=O) groups excluding carboxylic acids is 3. The molecular formula is C25H29BN4O9. The number of nitrogens with one attached hydrogen (secondary N) is 2. The molecule has 3 atom stereocenters. The van der Waals surface area contributed by atoms with Crippen LogP contribution in [0.4, 0.5) is 0 Å². The maximum absolute atomic E-state index is 13.5. The Morgan fingerprint density at radius 2 is 1.82 bits per heavy atom. The van der Waals surface area contributed by atoms with E-state index in [0.29, 0.717) is 0 Å². The van der Waals surface area contributed by atoms with E-state index in [4.69, 9.17) is 9.31 Å². The minimum atomic E-state index is -2.37. The number of carboxylic acids is 2.